The molecule has 1 amide bonds. The summed E-state index contributed by atoms with van der Waals surface area (Å²) < 4.78 is 0. The first-order valence-corrected chi connectivity index (χ1v) is 5.05. The number of rotatable bonds is 5. The average molecular weight is 190 g/mol. The average Bonchev–Trinajstić information content (AvgIpc) is 2.80. The van der Waals surface area contributed by atoms with E-state index in [9.17, 15) is 4.79 Å². The lowest BCUT2D eigenvalue weighted by atomic mass is 10.2. The standard InChI is InChI=1S/C9H16ClNO/c1-7(10)9(12)11-6-2-3-8-4-5-8/h7-8H,2-6H2,1H3,(H,11,12). The van der Waals surface area contributed by atoms with E-state index in [4.69, 9.17) is 11.6 Å². The van der Waals surface area contributed by atoms with Crippen molar-refractivity contribution in [2.75, 3.05) is 6.54 Å². The van der Waals surface area contributed by atoms with Crippen LogP contribution >= 0.6 is 11.6 Å². The molecular formula is C9H16ClNO. The Bertz CT molecular complexity index is 155. The first kappa shape index (κ1) is 9.85. The number of hydrogen-bond acceptors (Lipinski definition) is 1. The molecule has 1 saturated carbocycles. The molecule has 70 valence electrons. The quantitative estimate of drug-likeness (QED) is 0.520. The van der Waals surface area contributed by atoms with E-state index >= 15 is 0 Å². The van der Waals surface area contributed by atoms with Gasteiger partial charge in [0.1, 0.15) is 5.38 Å². The zero-order valence-electron chi connectivity index (χ0n) is 7.48. The van der Waals surface area contributed by atoms with Crippen LogP contribution < -0.4 is 5.32 Å². The minimum atomic E-state index is -0.397. The Balaban J connectivity index is 1.90. The number of amides is 1. The molecule has 0 heterocycles. The van der Waals surface area contributed by atoms with Gasteiger partial charge in [-0.3, -0.25) is 4.79 Å². The summed E-state index contributed by atoms with van der Waals surface area (Å²) in [5.74, 6) is 0.905. The van der Waals surface area contributed by atoms with Gasteiger partial charge in [0.05, 0.1) is 0 Å². The van der Waals surface area contributed by atoms with Crippen molar-refractivity contribution in [3.63, 3.8) is 0 Å². The minimum Gasteiger partial charge on any atom is -0.355 e. The van der Waals surface area contributed by atoms with Gasteiger partial charge in [-0.15, -0.1) is 11.6 Å². The van der Waals surface area contributed by atoms with Crippen molar-refractivity contribution < 1.29 is 4.79 Å². The van der Waals surface area contributed by atoms with Gasteiger partial charge in [-0.05, 0) is 25.7 Å². The molecular weight excluding hydrogens is 174 g/mol. The highest BCUT2D eigenvalue weighted by molar-refractivity contribution is 6.30. The van der Waals surface area contributed by atoms with E-state index in [0.717, 1.165) is 18.9 Å². The monoisotopic (exact) mass is 189 g/mol. The molecule has 1 fully saturated rings. The van der Waals surface area contributed by atoms with Gasteiger partial charge in [0.25, 0.3) is 0 Å². The molecule has 12 heavy (non-hydrogen) atoms. The van der Waals surface area contributed by atoms with Crippen LogP contribution in [0.3, 0.4) is 0 Å². The fourth-order valence-electron chi connectivity index (χ4n) is 1.15. The first-order chi connectivity index (χ1) is 5.70. The maximum absolute atomic E-state index is 11.0. The van der Waals surface area contributed by atoms with Crippen molar-refractivity contribution >= 4 is 17.5 Å². The van der Waals surface area contributed by atoms with Crippen molar-refractivity contribution in [1.82, 2.24) is 5.32 Å². The van der Waals surface area contributed by atoms with Crippen LogP contribution in [-0.2, 0) is 4.79 Å². The van der Waals surface area contributed by atoms with Gasteiger partial charge in [0.15, 0.2) is 0 Å². The van der Waals surface area contributed by atoms with Gasteiger partial charge in [-0.1, -0.05) is 12.8 Å². The molecule has 3 heteroatoms. The number of carbonyl (C=O) groups excluding carboxylic acids is 1. The van der Waals surface area contributed by atoms with E-state index in [1.165, 1.54) is 19.3 Å². The van der Waals surface area contributed by atoms with Crippen LogP contribution in [0.5, 0.6) is 0 Å². The summed E-state index contributed by atoms with van der Waals surface area (Å²) in [5, 5.41) is 2.40. The van der Waals surface area contributed by atoms with Gasteiger partial charge in [0.2, 0.25) is 5.91 Å². The Labute approximate surface area is 78.7 Å². The zero-order valence-corrected chi connectivity index (χ0v) is 8.23. The predicted molar refractivity (Wildman–Crippen MR) is 50.3 cm³/mol. The lowest BCUT2D eigenvalue weighted by molar-refractivity contribution is -0.120. The van der Waals surface area contributed by atoms with Gasteiger partial charge < -0.3 is 5.32 Å². The number of carbonyl (C=O) groups is 1. The highest BCUT2D eigenvalue weighted by Gasteiger charge is 2.20. The van der Waals surface area contributed by atoms with Gasteiger partial charge in [-0.25, -0.2) is 0 Å². The molecule has 2 nitrogen and oxygen atoms in total. The Morgan fingerprint density at radius 2 is 2.33 bits per heavy atom. The zero-order chi connectivity index (χ0) is 8.97. The second-order valence-electron chi connectivity index (χ2n) is 3.49. The van der Waals surface area contributed by atoms with Crippen LogP contribution in [0.4, 0.5) is 0 Å². The molecule has 0 aromatic carbocycles. The molecule has 0 aromatic heterocycles. The second-order valence-corrected chi connectivity index (χ2v) is 4.15. The molecule has 1 atom stereocenters. The summed E-state index contributed by atoms with van der Waals surface area (Å²) in [4.78, 5) is 11.0. The van der Waals surface area contributed by atoms with E-state index in [1.807, 2.05) is 0 Å². The van der Waals surface area contributed by atoms with Crippen LogP contribution in [-0.4, -0.2) is 17.8 Å². The maximum Gasteiger partial charge on any atom is 0.237 e. The van der Waals surface area contributed by atoms with E-state index in [1.54, 1.807) is 6.92 Å². The third-order valence-corrected chi connectivity index (χ3v) is 2.34. The molecule has 1 N–H and O–H groups in total. The van der Waals surface area contributed by atoms with Gasteiger partial charge in [0, 0.05) is 6.54 Å². The van der Waals surface area contributed by atoms with E-state index in [2.05, 4.69) is 5.32 Å². The van der Waals surface area contributed by atoms with Crippen molar-refractivity contribution in [3.8, 4) is 0 Å². The fraction of sp³-hybridized carbons (Fsp3) is 0.889. The lowest BCUT2D eigenvalue weighted by Crippen LogP contribution is -2.30. The Hall–Kier alpha value is -0.240. The third kappa shape index (κ3) is 3.96. The predicted octanol–water partition coefficient (Wildman–Crippen LogP) is 1.92. The minimum absolute atomic E-state index is 0.0486. The summed E-state index contributed by atoms with van der Waals surface area (Å²) in [6, 6.07) is 0. The lowest BCUT2D eigenvalue weighted by Gasteiger charge is -2.05. The SMILES string of the molecule is CC(Cl)C(=O)NCCCC1CC1. The van der Waals surface area contributed by atoms with E-state index in [0.29, 0.717) is 0 Å². The molecule has 0 radical (unpaired) electrons. The number of nitrogens with one attached hydrogen (secondary N) is 1. The summed E-state index contributed by atoms with van der Waals surface area (Å²) in [6.07, 6.45) is 5.14. The molecule has 0 aromatic rings. The topological polar surface area (TPSA) is 29.1 Å². The van der Waals surface area contributed by atoms with Crippen LogP contribution in [0, 0.1) is 5.92 Å². The van der Waals surface area contributed by atoms with Crippen LogP contribution in [0.1, 0.15) is 32.6 Å². The van der Waals surface area contributed by atoms with Crippen LogP contribution in [0.25, 0.3) is 0 Å². The van der Waals surface area contributed by atoms with E-state index < -0.39 is 5.38 Å². The maximum atomic E-state index is 11.0. The van der Waals surface area contributed by atoms with Gasteiger partial charge >= 0.3 is 0 Å². The largest absolute Gasteiger partial charge is 0.355 e. The smallest absolute Gasteiger partial charge is 0.237 e. The molecule has 1 rings (SSSR count). The van der Waals surface area contributed by atoms with Crippen molar-refractivity contribution in [3.05, 3.63) is 0 Å². The fourth-order valence-corrected chi connectivity index (χ4v) is 1.23. The number of halogens is 1. The van der Waals surface area contributed by atoms with Crippen molar-refractivity contribution in [1.29, 1.82) is 0 Å². The Morgan fingerprint density at radius 3 is 2.83 bits per heavy atom. The molecule has 1 unspecified atom stereocenters. The normalized spacial score (nSPS) is 18.8. The van der Waals surface area contributed by atoms with Crippen molar-refractivity contribution in [2.24, 2.45) is 5.92 Å². The summed E-state index contributed by atoms with van der Waals surface area (Å²) in [5.41, 5.74) is 0. The molecule has 0 saturated heterocycles. The first-order valence-electron chi connectivity index (χ1n) is 4.62. The Kier molecular flexibility index (Phi) is 3.86. The molecule has 1 aliphatic rings. The summed E-state index contributed by atoms with van der Waals surface area (Å²) in [6.45, 7) is 2.48. The van der Waals surface area contributed by atoms with E-state index in [-0.39, 0.29) is 5.91 Å². The third-order valence-electron chi connectivity index (χ3n) is 2.15. The molecule has 1 aliphatic carbocycles. The summed E-state index contributed by atoms with van der Waals surface area (Å²) >= 11 is 5.57. The number of hydrogen-bond donors (Lipinski definition) is 1. The van der Waals surface area contributed by atoms with Crippen molar-refractivity contribution in [2.45, 2.75) is 38.0 Å². The highest BCUT2D eigenvalue weighted by atomic mass is 35.5. The molecule has 0 bridgehead atoms. The Morgan fingerprint density at radius 1 is 1.67 bits per heavy atom. The van der Waals surface area contributed by atoms with Crippen LogP contribution in [0.2, 0.25) is 0 Å². The van der Waals surface area contributed by atoms with Gasteiger partial charge in [-0.2, -0.15) is 0 Å². The second kappa shape index (κ2) is 4.70. The highest BCUT2D eigenvalue weighted by Crippen LogP contribution is 2.33. The number of alkyl halides is 1. The van der Waals surface area contributed by atoms with Crippen LogP contribution in [0.15, 0.2) is 0 Å². The molecule has 0 aliphatic heterocycles. The summed E-state index contributed by atoms with van der Waals surface area (Å²) in [7, 11) is 0. The molecule has 0 spiro atoms.